The number of Topliss-reactive ketones (excluding diaryl/α,β-unsaturated/α-hetero) is 1. The quantitative estimate of drug-likeness (QED) is 0.931. The van der Waals surface area contributed by atoms with Crippen molar-refractivity contribution in [3.05, 3.63) is 29.3 Å². The third-order valence-electron chi connectivity index (χ3n) is 6.51. The van der Waals surface area contributed by atoms with Crippen LogP contribution in [0.1, 0.15) is 50.2 Å². The van der Waals surface area contributed by atoms with Crippen LogP contribution in [0.4, 0.5) is 0 Å². The van der Waals surface area contributed by atoms with Crippen LogP contribution in [0, 0.1) is 11.8 Å². The average Bonchev–Trinajstić information content (AvgIpc) is 2.54. The van der Waals surface area contributed by atoms with E-state index < -0.39 is 0 Å². The highest BCUT2D eigenvalue weighted by Crippen LogP contribution is 2.56. The van der Waals surface area contributed by atoms with E-state index in [1.165, 1.54) is 24.0 Å². The largest absolute Gasteiger partial charge is 0.497 e. The van der Waals surface area contributed by atoms with Crippen molar-refractivity contribution in [3.63, 3.8) is 0 Å². The molecule has 1 aromatic rings. The highest BCUT2D eigenvalue weighted by Gasteiger charge is 2.56. The van der Waals surface area contributed by atoms with Gasteiger partial charge in [-0.2, -0.15) is 0 Å². The lowest BCUT2D eigenvalue weighted by Crippen LogP contribution is -2.63. The van der Waals surface area contributed by atoms with Crippen molar-refractivity contribution in [1.82, 2.24) is 5.32 Å². The first-order valence-electron chi connectivity index (χ1n) is 9.10. The van der Waals surface area contributed by atoms with Crippen LogP contribution in [0.15, 0.2) is 18.2 Å². The highest BCUT2D eigenvalue weighted by molar-refractivity contribution is 5.82. The van der Waals surface area contributed by atoms with Gasteiger partial charge in [-0.15, -0.1) is 0 Å². The van der Waals surface area contributed by atoms with E-state index in [1.807, 2.05) is 0 Å². The van der Waals surface area contributed by atoms with E-state index in [0.717, 1.165) is 38.0 Å². The minimum absolute atomic E-state index is 0.0488. The standard InChI is InChI=1S/C20H27NO2/c1-3-4-14-9-15(22)12-20-7-8-21-18(19(14)20)10-13-5-6-16(23-2)11-17(13)20/h5-6,11,14,18-19,21H,3-4,7-10,12H2,1-2H3/t14-,18-,19+,20-/m1/s1. The zero-order valence-electron chi connectivity index (χ0n) is 14.2. The van der Waals surface area contributed by atoms with Crippen molar-refractivity contribution >= 4 is 5.78 Å². The van der Waals surface area contributed by atoms with E-state index in [9.17, 15) is 4.79 Å². The Morgan fingerprint density at radius 1 is 1.35 bits per heavy atom. The molecule has 1 saturated heterocycles. The summed E-state index contributed by atoms with van der Waals surface area (Å²) in [6.07, 6.45) is 6.05. The van der Waals surface area contributed by atoms with E-state index >= 15 is 0 Å². The molecule has 4 atom stereocenters. The van der Waals surface area contributed by atoms with Crippen LogP contribution in [-0.4, -0.2) is 25.5 Å². The fraction of sp³-hybridized carbons (Fsp3) is 0.650. The molecule has 0 radical (unpaired) electrons. The van der Waals surface area contributed by atoms with Gasteiger partial charge in [-0.3, -0.25) is 4.79 Å². The molecule has 1 saturated carbocycles. The second-order valence-corrected chi connectivity index (χ2v) is 7.69. The predicted octanol–water partition coefficient (Wildman–Crippen LogP) is 3.25. The van der Waals surface area contributed by atoms with Gasteiger partial charge in [0.25, 0.3) is 0 Å². The summed E-state index contributed by atoms with van der Waals surface area (Å²) < 4.78 is 5.49. The maximum absolute atomic E-state index is 12.6. The number of carbonyl (C=O) groups is 1. The fourth-order valence-corrected chi connectivity index (χ4v) is 5.81. The number of fused-ring (bicyclic) bond motifs is 1. The summed E-state index contributed by atoms with van der Waals surface area (Å²) in [5.74, 6) is 2.54. The molecule has 0 unspecified atom stereocenters. The molecule has 23 heavy (non-hydrogen) atoms. The summed E-state index contributed by atoms with van der Waals surface area (Å²) in [6, 6.07) is 7.06. The van der Waals surface area contributed by atoms with Crippen LogP contribution < -0.4 is 10.1 Å². The number of ketones is 1. The molecule has 1 N–H and O–H groups in total. The van der Waals surface area contributed by atoms with Crippen molar-refractivity contribution in [3.8, 4) is 5.75 Å². The molecule has 4 rings (SSSR count). The Bertz CT molecular complexity index is 626. The van der Waals surface area contributed by atoms with Gasteiger partial charge in [0.05, 0.1) is 7.11 Å². The molecular weight excluding hydrogens is 286 g/mol. The topological polar surface area (TPSA) is 38.3 Å². The summed E-state index contributed by atoms with van der Waals surface area (Å²) in [5.41, 5.74) is 2.88. The van der Waals surface area contributed by atoms with Crippen molar-refractivity contribution in [1.29, 1.82) is 0 Å². The maximum atomic E-state index is 12.6. The van der Waals surface area contributed by atoms with Crippen molar-refractivity contribution < 1.29 is 9.53 Å². The molecule has 0 aromatic heterocycles. The van der Waals surface area contributed by atoms with E-state index in [-0.39, 0.29) is 5.41 Å². The minimum Gasteiger partial charge on any atom is -0.497 e. The normalized spacial score (nSPS) is 35.4. The zero-order chi connectivity index (χ0) is 16.0. The molecular formula is C20H27NO2. The van der Waals surface area contributed by atoms with Gasteiger partial charge >= 0.3 is 0 Å². The lowest BCUT2D eigenvalue weighted by Gasteiger charge is -2.58. The smallest absolute Gasteiger partial charge is 0.134 e. The number of hydrogen-bond donors (Lipinski definition) is 1. The van der Waals surface area contributed by atoms with E-state index in [1.54, 1.807) is 7.11 Å². The third-order valence-corrected chi connectivity index (χ3v) is 6.51. The van der Waals surface area contributed by atoms with Gasteiger partial charge in [0.1, 0.15) is 11.5 Å². The van der Waals surface area contributed by atoms with Gasteiger partial charge in [-0.1, -0.05) is 19.4 Å². The molecule has 124 valence electrons. The van der Waals surface area contributed by atoms with Gasteiger partial charge in [-0.05, 0) is 60.9 Å². The van der Waals surface area contributed by atoms with Crippen molar-refractivity contribution in [2.75, 3.05) is 13.7 Å². The molecule has 3 aliphatic rings. The number of methoxy groups -OCH3 is 1. The second-order valence-electron chi connectivity index (χ2n) is 7.69. The maximum Gasteiger partial charge on any atom is 0.134 e. The van der Waals surface area contributed by atoms with Gasteiger partial charge in [-0.25, -0.2) is 0 Å². The number of benzene rings is 1. The Morgan fingerprint density at radius 2 is 2.22 bits per heavy atom. The molecule has 3 heteroatoms. The molecule has 0 amide bonds. The van der Waals surface area contributed by atoms with Gasteiger partial charge in [0.2, 0.25) is 0 Å². The summed E-state index contributed by atoms with van der Waals surface area (Å²) in [4.78, 5) is 12.6. The summed E-state index contributed by atoms with van der Waals surface area (Å²) in [5, 5.41) is 3.77. The fourth-order valence-electron chi connectivity index (χ4n) is 5.81. The summed E-state index contributed by atoms with van der Waals surface area (Å²) >= 11 is 0. The Balaban J connectivity index is 1.86. The third kappa shape index (κ3) is 2.24. The van der Waals surface area contributed by atoms with Crippen molar-refractivity contribution in [2.45, 2.75) is 56.9 Å². The summed E-state index contributed by atoms with van der Waals surface area (Å²) in [7, 11) is 1.73. The number of rotatable bonds is 3. The second kappa shape index (κ2) is 5.62. The van der Waals surface area contributed by atoms with Crippen LogP contribution >= 0.6 is 0 Å². The zero-order valence-corrected chi connectivity index (χ0v) is 14.2. The molecule has 2 aliphatic carbocycles. The van der Waals surface area contributed by atoms with E-state index in [0.29, 0.717) is 23.7 Å². The summed E-state index contributed by atoms with van der Waals surface area (Å²) in [6.45, 7) is 3.28. The highest BCUT2D eigenvalue weighted by atomic mass is 16.5. The van der Waals surface area contributed by atoms with Crippen LogP contribution in [0.3, 0.4) is 0 Å². The SMILES string of the molecule is CCC[C@@H]1CC(=O)C[C@]23CCN[C@H](Cc4ccc(OC)cc42)[C@H]13. The number of ether oxygens (including phenoxy) is 1. The minimum atomic E-state index is 0.0488. The molecule has 1 aliphatic heterocycles. The lowest BCUT2D eigenvalue weighted by atomic mass is 9.49. The first-order valence-corrected chi connectivity index (χ1v) is 9.10. The number of piperidine rings is 1. The van der Waals surface area contributed by atoms with E-state index in [2.05, 4.69) is 30.4 Å². The molecule has 1 heterocycles. The molecule has 3 nitrogen and oxygen atoms in total. The van der Waals surface area contributed by atoms with Crippen LogP contribution in [0.2, 0.25) is 0 Å². The van der Waals surface area contributed by atoms with E-state index in [4.69, 9.17) is 4.74 Å². The average molecular weight is 313 g/mol. The van der Waals surface area contributed by atoms with Crippen LogP contribution in [-0.2, 0) is 16.6 Å². The van der Waals surface area contributed by atoms with Gasteiger partial charge in [0, 0.05) is 24.3 Å². The first kappa shape index (κ1) is 15.2. The Morgan fingerprint density at radius 3 is 3.00 bits per heavy atom. The van der Waals surface area contributed by atoms with Crippen molar-refractivity contribution in [2.24, 2.45) is 11.8 Å². The number of nitrogens with one attached hydrogen (secondary N) is 1. The van der Waals surface area contributed by atoms with Gasteiger partial charge in [0.15, 0.2) is 0 Å². The number of carbonyl (C=O) groups excluding carboxylic acids is 1. The first-order chi connectivity index (χ1) is 11.2. The molecule has 0 spiro atoms. The molecule has 1 aromatic carbocycles. The number of hydrogen-bond acceptors (Lipinski definition) is 3. The van der Waals surface area contributed by atoms with Crippen LogP contribution in [0.25, 0.3) is 0 Å². The molecule has 2 fully saturated rings. The Hall–Kier alpha value is -1.35. The lowest BCUT2D eigenvalue weighted by molar-refractivity contribution is -0.128. The molecule has 2 bridgehead atoms. The van der Waals surface area contributed by atoms with Crippen LogP contribution in [0.5, 0.6) is 5.75 Å². The monoisotopic (exact) mass is 313 g/mol. The van der Waals surface area contributed by atoms with Gasteiger partial charge < -0.3 is 10.1 Å². The predicted molar refractivity (Wildman–Crippen MR) is 90.9 cm³/mol. The Kier molecular flexibility index (Phi) is 3.72. The Labute approximate surface area is 138 Å².